The van der Waals surface area contributed by atoms with Crippen molar-refractivity contribution < 1.29 is 9.47 Å². The Bertz CT molecular complexity index is 542. The second kappa shape index (κ2) is 3.79. The summed E-state index contributed by atoms with van der Waals surface area (Å²) in [6.07, 6.45) is 1.77. The van der Waals surface area contributed by atoms with Crippen LogP contribution in [0.15, 0.2) is 41.1 Å². The topological polar surface area (TPSA) is 31.4 Å². The zero-order chi connectivity index (χ0) is 11.0. The molecule has 0 bridgehead atoms. The van der Waals surface area contributed by atoms with Crippen molar-refractivity contribution in [2.24, 2.45) is 0 Å². The number of hydrogen-bond acceptors (Lipinski definition) is 3. The van der Waals surface area contributed by atoms with Crippen LogP contribution in [0.5, 0.6) is 11.5 Å². The molecule has 0 spiro atoms. The smallest absolute Gasteiger partial charge is 0.231 e. The molecule has 0 amide bonds. The van der Waals surface area contributed by atoms with E-state index >= 15 is 0 Å². The molecule has 0 atom stereocenters. The van der Waals surface area contributed by atoms with Crippen LogP contribution >= 0.6 is 15.9 Å². The molecule has 2 heterocycles. The fourth-order valence-corrected chi connectivity index (χ4v) is 2.02. The van der Waals surface area contributed by atoms with Gasteiger partial charge in [-0.05, 0) is 51.3 Å². The number of ether oxygens (including phenoxy) is 2. The van der Waals surface area contributed by atoms with Crippen LogP contribution < -0.4 is 9.47 Å². The van der Waals surface area contributed by atoms with Gasteiger partial charge in [-0.2, -0.15) is 0 Å². The van der Waals surface area contributed by atoms with Gasteiger partial charge in [0, 0.05) is 6.20 Å². The third-order valence-electron chi connectivity index (χ3n) is 2.43. The average molecular weight is 278 g/mol. The first-order valence-corrected chi connectivity index (χ1v) is 5.64. The lowest BCUT2D eigenvalue weighted by atomic mass is 10.1. The van der Waals surface area contributed by atoms with Gasteiger partial charge in [-0.15, -0.1) is 0 Å². The van der Waals surface area contributed by atoms with Gasteiger partial charge < -0.3 is 9.47 Å². The quantitative estimate of drug-likeness (QED) is 0.750. The van der Waals surface area contributed by atoms with Crippen LogP contribution in [0.1, 0.15) is 0 Å². The second-order valence-electron chi connectivity index (χ2n) is 3.44. The lowest BCUT2D eigenvalue weighted by Gasteiger charge is -2.03. The Morgan fingerprint density at radius 3 is 2.69 bits per heavy atom. The molecule has 0 saturated carbocycles. The number of nitrogens with zero attached hydrogens (tertiary/aromatic N) is 1. The molecule has 1 aromatic heterocycles. The van der Waals surface area contributed by atoms with Gasteiger partial charge in [-0.3, -0.25) is 0 Å². The van der Waals surface area contributed by atoms with Crippen molar-refractivity contribution in [2.75, 3.05) is 6.79 Å². The van der Waals surface area contributed by atoms with Crippen LogP contribution in [0.3, 0.4) is 0 Å². The Kier molecular flexibility index (Phi) is 2.29. The lowest BCUT2D eigenvalue weighted by molar-refractivity contribution is 0.174. The predicted octanol–water partition coefficient (Wildman–Crippen LogP) is 3.24. The highest BCUT2D eigenvalue weighted by atomic mass is 79.9. The number of benzene rings is 1. The highest BCUT2D eigenvalue weighted by Crippen LogP contribution is 2.36. The predicted molar refractivity (Wildman–Crippen MR) is 63.5 cm³/mol. The maximum atomic E-state index is 5.34. The highest BCUT2D eigenvalue weighted by molar-refractivity contribution is 9.10. The number of halogens is 1. The van der Waals surface area contributed by atoms with E-state index in [4.69, 9.17) is 9.47 Å². The number of rotatable bonds is 1. The van der Waals surface area contributed by atoms with Gasteiger partial charge in [-0.25, -0.2) is 4.98 Å². The Morgan fingerprint density at radius 1 is 1.00 bits per heavy atom. The van der Waals surface area contributed by atoms with Crippen LogP contribution in [0.25, 0.3) is 11.1 Å². The summed E-state index contributed by atoms with van der Waals surface area (Å²) in [5.74, 6) is 1.60. The van der Waals surface area contributed by atoms with E-state index in [2.05, 4.69) is 20.9 Å². The molecular weight excluding hydrogens is 270 g/mol. The van der Waals surface area contributed by atoms with Gasteiger partial charge in [0.1, 0.15) is 4.60 Å². The molecule has 2 aromatic rings. The molecule has 0 fully saturated rings. The summed E-state index contributed by atoms with van der Waals surface area (Å²) in [6.45, 7) is 0.304. The summed E-state index contributed by atoms with van der Waals surface area (Å²) in [6, 6.07) is 9.84. The molecule has 3 rings (SSSR count). The first-order valence-electron chi connectivity index (χ1n) is 4.84. The molecule has 0 radical (unpaired) electrons. The SMILES string of the molecule is Brc1cc(-c2ccc3c(c2)OCO3)ccn1. The van der Waals surface area contributed by atoms with Gasteiger partial charge >= 0.3 is 0 Å². The van der Waals surface area contributed by atoms with Crippen molar-refractivity contribution in [3.05, 3.63) is 41.1 Å². The second-order valence-corrected chi connectivity index (χ2v) is 4.25. The Labute approximate surface area is 101 Å². The van der Waals surface area contributed by atoms with Gasteiger partial charge in [0.25, 0.3) is 0 Å². The van der Waals surface area contributed by atoms with E-state index in [-0.39, 0.29) is 0 Å². The minimum atomic E-state index is 0.304. The summed E-state index contributed by atoms with van der Waals surface area (Å²) >= 11 is 3.35. The molecule has 0 unspecified atom stereocenters. The highest BCUT2D eigenvalue weighted by Gasteiger charge is 2.13. The van der Waals surface area contributed by atoms with Crippen molar-refractivity contribution in [1.82, 2.24) is 4.98 Å². The van der Waals surface area contributed by atoms with Crippen molar-refractivity contribution in [3.63, 3.8) is 0 Å². The van der Waals surface area contributed by atoms with Crippen LogP contribution in [0.4, 0.5) is 0 Å². The zero-order valence-corrected chi connectivity index (χ0v) is 9.90. The molecule has 1 aromatic carbocycles. The van der Waals surface area contributed by atoms with Crippen LogP contribution in [0.2, 0.25) is 0 Å². The van der Waals surface area contributed by atoms with Crippen LogP contribution in [-0.2, 0) is 0 Å². The van der Waals surface area contributed by atoms with Gasteiger partial charge in [0.15, 0.2) is 11.5 Å². The van der Waals surface area contributed by atoms with Crippen molar-refractivity contribution >= 4 is 15.9 Å². The van der Waals surface area contributed by atoms with Gasteiger partial charge in [-0.1, -0.05) is 6.07 Å². The third-order valence-corrected chi connectivity index (χ3v) is 2.87. The Hall–Kier alpha value is -1.55. The lowest BCUT2D eigenvalue weighted by Crippen LogP contribution is -1.92. The number of hydrogen-bond donors (Lipinski definition) is 0. The van der Waals surface area contributed by atoms with Crippen molar-refractivity contribution in [1.29, 1.82) is 0 Å². The largest absolute Gasteiger partial charge is 0.454 e. The third kappa shape index (κ3) is 1.65. The first kappa shape index (κ1) is 9.66. The average Bonchev–Trinajstić information content (AvgIpc) is 2.75. The normalized spacial score (nSPS) is 12.8. The fourth-order valence-electron chi connectivity index (χ4n) is 1.66. The molecule has 0 N–H and O–H groups in total. The summed E-state index contributed by atoms with van der Waals surface area (Å²) in [5, 5.41) is 0. The molecular formula is C12H8BrNO2. The molecule has 3 nitrogen and oxygen atoms in total. The summed E-state index contributed by atoms with van der Waals surface area (Å²) in [7, 11) is 0. The number of fused-ring (bicyclic) bond motifs is 1. The standard InChI is InChI=1S/C12H8BrNO2/c13-12-6-9(3-4-14-12)8-1-2-10-11(5-8)16-7-15-10/h1-6H,7H2. The molecule has 80 valence electrons. The molecule has 16 heavy (non-hydrogen) atoms. The van der Waals surface area contributed by atoms with E-state index < -0.39 is 0 Å². The van der Waals surface area contributed by atoms with Crippen LogP contribution in [-0.4, -0.2) is 11.8 Å². The zero-order valence-electron chi connectivity index (χ0n) is 8.31. The van der Waals surface area contributed by atoms with Crippen molar-refractivity contribution in [3.8, 4) is 22.6 Å². The Morgan fingerprint density at radius 2 is 1.81 bits per heavy atom. The van der Waals surface area contributed by atoms with E-state index in [1.54, 1.807) is 6.20 Å². The van der Waals surface area contributed by atoms with E-state index in [0.29, 0.717) is 6.79 Å². The van der Waals surface area contributed by atoms with E-state index in [1.165, 1.54) is 0 Å². The summed E-state index contributed by atoms with van der Waals surface area (Å²) in [4.78, 5) is 4.10. The molecule has 1 aliphatic heterocycles. The fraction of sp³-hybridized carbons (Fsp3) is 0.0833. The first-order chi connectivity index (χ1) is 7.83. The monoisotopic (exact) mass is 277 g/mol. The number of pyridine rings is 1. The van der Waals surface area contributed by atoms with Crippen molar-refractivity contribution in [2.45, 2.75) is 0 Å². The summed E-state index contributed by atoms with van der Waals surface area (Å²) < 4.78 is 11.4. The summed E-state index contributed by atoms with van der Waals surface area (Å²) in [5.41, 5.74) is 2.19. The minimum Gasteiger partial charge on any atom is -0.454 e. The van der Waals surface area contributed by atoms with E-state index in [0.717, 1.165) is 27.2 Å². The van der Waals surface area contributed by atoms with E-state index in [9.17, 15) is 0 Å². The molecule has 0 aliphatic carbocycles. The molecule has 1 aliphatic rings. The minimum absolute atomic E-state index is 0.304. The maximum Gasteiger partial charge on any atom is 0.231 e. The Balaban J connectivity index is 2.07. The maximum absolute atomic E-state index is 5.34. The number of aromatic nitrogens is 1. The van der Waals surface area contributed by atoms with Crippen LogP contribution in [0, 0.1) is 0 Å². The van der Waals surface area contributed by atoms with Gasteiger partial charge in [0.05, 0.1) is 0 Å². The van der Waals surface area contributed by atoms with E-state index in [1.807, 2.05) is 30.3 Å². The molecule has 4 heteroatoms. The van der Waals surface area contributed by atoms with Gasteiger partial charge in [0.2, 0.25) is 6.79 Å². The molecule has 0 saturated heterocycles.